The van der Waals surface area contributed by atoms with Gasteiger partial charge in [0.1, 0.15) is 0 Å². The number of nitrogens with one attached hydrogen (secondary N) is 1. The van der Waals surface area contributed by atoms with E-state index in [1.807, 2.05) is 55.3 Å². The fraction of sp³-hybridized carbons (Fsp3) is 0.345. The van der Waals surface area contributed by atoms with Crippen molar-refractivity contribution in [1.29, 1.82) is 0 Å². The SMILES string of the molecule is CN1CCC2(CC2)C1.Cc1ccc(-c2ncon2)cc1NC=O.Cc1cnn2cc(-c3ccn(C)n3)ccc12.S. The van der Waals surface area contributed by atoms with Crippen LogP contribution in [0, 0.1) is 19.3 Å². The second-order valence-electron chi connectivity index (χ2n) is 10.5. The van der Waals surface area contributed by atoms with Gasteiger partial charge in [-0.05, 0) is 87.5 Å². The van der Waals surface area contributed by atoms with Gasteiger partial charge >= 0.3 is 0 Å². The van der Waals surface area contributed by atoms with Gasteiger partial charge in [0.25, 0.3) is 0 Å². The molecule has 0 bridgehead atoms. The third-order valence-electron chi connectivity index (χ3n) is 7.38. The number of aryl methyl sites for hydroxylation is 3. The Morgan fingerprint density at radius 3 is 2.42 bits per heavy atom. The zero-order valence-electron chi connectivity index (χ0n) is 23.3. The van der Waals surface area contributed by atoms with Crippen LogP contribution in [0.15, 0.2) is 65.9 Å². The second-order valence-corrected chi connectivity index (χ2v) is 10.5. The molecular weight excluding hydrogens is 524 g/mol. The second kappa shape index (κ2) is 12.5. The van der Waals surface area contributed by atoms with E-state index >= 15 is 0 Å². The smallest absolute Gasteiger partial charge is 0.214 e. The normalized spacial score (nSPS) is 15.0. The van der Waals surface area contributed by atoms with Gasteiger partial charge in [-0.2, -0.15) is 28.7 Å². The minimum absolute atomic E-state index is 0. The summed E-state index contributed by atoms with van der Waals surface area (Å²) >= 11 is 0. The molecule has 1 N–H and O–H groups in total. The van der Waals surface area contributed by atoms with E-state index < -0.39 is 0 Å². The first kappa shape index (κ1) is 29.0. The van der Waals surface area contributed by atoms with E-state index in [1.165, 1.54) is 44.3 Å². The van der Waals surface area contributed by atoms with E-state index in [-0.39, 0.29) is 13.5 Å². The highest BCUT2D eigenvalue weighted by Gasteiger charge is 2.46. The highest BCUT2D eigenvalue weighted by Crippen LogP contribution is 2.52. The summed E-state index contributed by atoms with van der Waals surface area (Å²) in [4.78, 5) is 16.7. The van der Waals surface area contributed by atoms with Gasteiger partial charge in [0, 0.05) is 42.8 Å². The van der Waals surface area contributed by atoms with E-state index in [1.54, 1.807) is 10.7 Å². The molecule has 10 nitrogen and oxygen atoms in total. The molecule has 5 heterocycles. The lowest BCUT2D eigenvalue weighted by Crippen LogP contribution is -2.14. The van der Waals surface area contributed by atoms with Gasteiger partial charge in [0.2, 0.25) is 18.6 Å². The van der Waals surface area contributed by atoms with Gasteiger partial charge in [-0.25, -0.2) is 4.52 Å². The molecule has 40 heavy (non-hydrogen) atoms. The minimum atomic E-state index is 0. The summed E-state index contributed by atoms with van der Waals surface area (Å²) in [6.45, 7) is 6.70. The van der Waals surface area contributed by atoms with E-state index in [0.29, 0.717) is 12.2 Å². The maximum Gasteiger partial charge on any atom is 0.214 e. The van der Waals surface area contributed by atoms with Crippen LogP contribution in [0.5, 0.6) is 0 Å². The summed E-state index contributed by atoms with van der Waals surface area (Å²) in [7, 11) is 4.15. The van der Waals surface area contributed by atoms with Crippen molar-refractivity contribution < 1.29 is 9.32 Å². The van der Waals surface area contributed by atoms with Gasteiger partial charge in [-0.3, -0.25) is 9.48 Å². The zero-order valence-corrected chi connectivity index (χ0v) is 24.3. The van der Waals surface area contributed by atoms with Crippen LogP contribution in [-0.2, 0) is 11.8 Å². The highest BCUT2D eigenvalue weighted by atomic mass is 32.1. The third-order valence-corrected chi connectivity index (χ3v) is 7.38. The highest BCUT2D eigenvalue weighted by molar-refractivity contribution is 7.59. The molecule has 1 saturated carbocycles. The molecule has 2 aliphatic rings. The molecule has 210 valence electrons. The molecule has 5 aromatic rings. The molecule has 1 spiro atoms. The first-order valence-corrected chi connectivity index (χ1v) is 13.1. The molecular formula is C29H36N8O2S. The fourth-order valence-electron chi connectivity index (χ4n) is 4.85. The van der Waals surface area contributed by atoms with Crippen LogP contribution in [0.4, 0.5) is 5.69 Å². The van der Waals surface area contributed by atoms with E-state index in [4.69, 9.17) is 0 Å². The fourth-order valence-corrected chi connectivity index (χ4v) is 4.85. The molecule has 4 aromatic heterocycles. The van der Waals surface area contributed by atoms with Gasteiger partial charge in [-0.1, -0.05) is 17.3 Å². The predicted octanol–water partition coefficient (Wildman–Crippen LogP) is 4.87. The number of carbonyl (C=O) groups excluding carboxylic acids is 1. The largest absolute Gasteiger partial charge is 0.342 e. The predicted molar refractivity (Wildman–Crippen MR) is 160 cm³/mol. The monoisotopic (exact) mass is 560 g/mol. The topological polar surface area (TPSA) is 106 Å². The van der Waals surface area contributed by atoms with Crippen molar-refractivity contribution in [3.8, 4) is 22.6 Å². The lowest BCUT2D eigenvalue weighted by molar-refractivity contribution is -0.105. The summed E-state index contributed by atoms with van der Waals surface area (Å²) in [5.74, 6) is 0.504. The molecule has 0 atom stereocenters. The molecule has 11 heteroatoms. The minimum Gasteiger partial charge on any atom is -0.342 e. The molecule has 0 unspecified atom stereocenters. The Morgan fingerprint density at radius 2 is 1.82 bits per heavy atom. The van der Waals surface area contributed by atoms with Crippen molar-refractivity contribution in [3.63, 3.8) is 0 Å². The van der Waals surface area contributed by atoms with E-state index in [2.05, 4.69) is 61.2 Å². The number of fused-ring (bicyclic) bond motifs is 1. The first-order valence-electron chi connectivity index (χ1n) is 13.1. The van der Waals surface area contributed by atoms with Crippen LogP contribution >= 0.6 is 13.5 Å². The van der Waals surface area contributed by atoms with Crippen molar-refractivity contribution in [2.24, 2.45) is 12.5 Å². The summed E-state index contributed by atoms with van der Waals surface area (Å²) < 4.78 is 8.34. The van der Waals surface area contributed by atoms with Crippen molar-refractivity contribution >= 4 is 31.1 Å². The number of benzene rings is 1. The Morgan fingerprint density at radius 1 is 1.02 bits per heavy atom. The van der Waals surface area contributed by atoms with E-state index in [0.717, 1.165) is 39.0 Å². The Balaban J connectivity index is 0.000000144. The maximum atomic E-state index is 10.4. The molecule has 2 fully saturated rings. The Hall–Kier alpha value is -3.96. The average molecular weight is 561 g/mol. The van der Waals surface area contributed by atoms with Gasteiger partial charge in [-0.15, -0.1) is 0 Å². The summed E-state index contributed by atoms with van der Waals surface area (Å²) in [5, 5.41) is 15.0. The molecule has 1 aromatic carbocycles. The van der Waals surface area contributed by atoms with Crippen LogP contribution in [0.1, 0.15) is 30.4 Å². The molecule has 1 aliphatic carbocycles. The van der Waals surface area contributed by atoms with Crippen LogP contribution in [-0.4, -0.2) is 61.0 Å². The average Bonchev–Trinajstić information content (AvgIpc) is 3.41. The molecule has 0 radical (unpaired) electrons. The Labute approximate surface area is 240 Å². The van der Waals surface area contributed by atoms with Crippen molar-refractivity contribution in [2.75, 3.05) is 25.5 Å². The van der Waals surface area contributed by atoms with Crippen LogP contribution in [0.2, 0.25) is 0 Å². The quantitative estimate of drug-likeness (QED) is 0.313. The number of hydrogen-bond donors (Lipinski definition) is 1. The molecule has 1 saturated heterocycles. The number of pyridine rings is 1. The van der Waals surface area contributed by atoms with E-state index in [9.17, 15) is 4.79 Å². The standard InChI is InChI=1S/C12H12N4.C10H9N3O2.C7H13N.H2S/c1-9-7-13-16-8-10(3-4-12(9)16)11-5-6-15(2)14-11;1-7-2-3-8(4-9(7)11-5-14)10-12-6-15-13-10;1-8-5-4-7(6-8)2-3-7;/h3-8H,1-2H3;2-6H,1H3,(H,11,14);2-6H2,1H3;1H2. The van der Waals surface area contributed by atoms with Gasteiger partial charge < -0.3 is 14.7 Å². The van der Waals surface area contributed by atoms with Crippen molar-refractivity contribution in [2.45, 2.75) is 33.1 Å². The lowest BCUT2D eigenvalue weighted by Gasteiger charge is -2.05. The maximum absolute atomic E-state index is 10.4. The number of hydrogen-bond acceptors (Lipinski definition) is 7. The van der Waals surface area contributed by atoms with Crippen molar-refractivity contribution in [3.05, 3.63) is 72.5 Å². The number of amides is 1. The zero-order chi connectivity index (χ0) is 27.4. The van der Waals surface area contributed by atoms with Crippen LogP contribution in [0.3, 0.4) is 0 Å². The summed E-state index contributed by atoms with van der Waals surface area (Å²) in [6, 6.07) is 11.7. The Bertz CT molecular complexity index is 1560. The first-order chi connectivity index (χ1) is 18.9. The summed E-state index contributed by atoms with van der Waals surface area (Å²) in [6.07, 6.45) is 12.2. The third kappa shape index (κ3) is 6.78. The van der Waals surface area contributed by atoms with Gasteiger partial charge in [0.05, 0.1) is 17.4 Å². The number of nitrogens with zero attached hydrogens (tertiary/aromatic N) is 7. The number of aromatic nitrogens is 6. The molecule has 1 amide bonds. The van der Waals surface area contributed by atoms with Gasteiger partial charge in [0.15, 0.2) is 0 Å². The van der Waals surface area contributed by atoms with Crippen LogP contribution < -0.4 is 5.32 Å². The Kier molecular flexibility index (Phi) is 9.06. The number of rotatable bonds is 4. The molecule has 1 aliphatic heterocycles. The number of carbonyl (C=O) groups is 1. The number of anilines is 1. The van der Waals surface area contributed by atoms with Crippen molar-refractivity contribution in [1.82, 2.24) is 34.4 Å². The van der Waals surface area contributed by atoms with Crippen LogP contribution in [0.25, 0.3) is 28.2 Å². The molecule has 7 rings (SSSR count). The summed E-state index contributed by atoms with van der Waals surface area (Å²) in [5.41, 5.74) is 7.75. The lowest BCUT2D eigenvalue weighted by atomic mass is 10.1. The number of likely N-dealkylation sites (tertiary alicyclic amines) is 1.